The molecule has 0 fully saturated rings. The van der Waals surface area contributed by atoms with Crippen LogP contribution in [-0.4, -0.2) is 41.3 Å². The summed E-state index contributed by atoms with van der Waals surface area (Å²) in [6.07, 6.45) is 2.71. The SMILES string of the molecule is Cc1cc(-c2csc(=Nc3ccc(SC(F)F)cc3)n2/N=C/c2cc(Cl)cc(Cl)c2[N+](=O)[O-])c(C)n1-c1ncn[nH]1. The number of hydrogen-bond acceptors (Lipinski definition) is 8. The van der Waals surface area contributed by atoms with Gasteiger partial charge in [-0.15, -0.1) is 11.3 Å². The van der Waals surface area contributed by atoms with Crippen molar-refractivity contribution < 1.29 is 13.7 Å². The molecule has 0 aliphatic heterocycles. The molecular weight excluding hydrogens is 617 g/mol. The van der Waals surface area contributed by atoms with E-state index in [0.29, 0.717) is 38.8 Å². The average molecular weight is 636 g/mol. The van der Waals surface area contributed by atoms with Gasteiger partial charge in [-0.3, -0.25) is 14.7 Å². The highest BCUT2D eigenvalue weighted by Gasteiger charge is 2.21. The van der Waals surface area contributed by atoms with Crippen LogP contribution in [0.2, 0.25) is 10.0 Å². The second-order valence-corrected chi connectivity index (χ2v) is 11.2. The number of nitro groups is 1. The topological polar surface area (TPSA) is 119 Å². The fraction of sp³-hybridized carbons (Fsp3) is 0.120. The van der Waals surface area contributed by atoms with Crippen LogP contribution in [0.1, 0.15) is 17.0 Å². The molecule has 2 aromatic carbocycles. The molecule has 0 radical (unpaired) electrons. The summed E-state index contributed by atoms with van der Waals surface area (Å²) >= 11 is 14.0. The van der Waals surface area contributed by atoms with Gasteiger partial charge in [0.05, 0.1) is 28.1 Å². The van der Waals surface area contributed by atoms with Gasteiger partial charge in [0.25, 0.3) is 11.4 Å². The maximum absolute atomic E-state index is 12.7. The third-order valence-electron chi connectivity index (χ3n) is 5.85. The van der Waals surface area contributed by atoms with Crippen molar-refractivity contribution in [2.24, 2.45) is 10.1 Å². The first-order valence-corrected chi connectivity index (χ1v) is 14.2. The average Bonchev–Trinajstić information content (AvgIpc) is 3.62. The third kappa shape index (κ3) is 6.10. The van der Waals surface area contributed by atoms with Crippen molar-refractivity contribution in [3.8, 4) is 17.2 Å². The number of nitrogens with one attached hydrogen (secondary N) is 1. The zero-order chi connectivity index (χ0) is 29.3. The molecular formula is C25H18Cl2F2N8O2S2. The number of aromatic amines is 1. The summed E-state index contributed by atoms with van der Waals surface area (Å²) in [5.74, 6) is -2.00. The molecule has 16 heteroatoms. The van der Waals surface area contributed by atoms with E-state index in [9.17, 15) is 18.9 Å². The van der Waals surface area contributed by atoms with E-state index in [1.165, 1.54) is 40.7 Å². The van der Waals surface area contributed by atoms with E-state index in [1.807, 2.05) is 29.9 Å². The molecule has 3 aromatic heterocycles. The molecule has 0 saturated carbocycles. The first-order chi connectivity index (χ1) is 19.6. The van der Waals surface area contributed by atoms with Gasteiger partial charge in [0.2, 0.25) is 10.7 Å². The number of alkyl halides is 2. The van der Waals surface area contributed by atoms with Crippen molar-refractivity contribution in [2.75, 3.05) is 0 Å². The molecule has 0 saturated heterocycles. The van der Waals surface area contributed by atoms with E-state index in [0.717, 1.165) is 17.0 Å². The van der Waals surface area contributed by atoms with Crippen LogP contribution in [0.4, 0.5) is 20.2 Å². The lowest BCUT2D eigenvalue weighted by Gasteiger charge is -2.07. The molecule has 0 spiro atoms. The molecule has 0 bridgehead atoms. The van der Waals surface area contributed by atoms with Gasteiger partial charge < -0.3 is 0 Å². The second kappa shape index (κ2) is 11.9. The fourth-order valence-corrected chi connectivity index (χ4v) is 6.06. The lowest BCUT2D eigenvalue weighted by Crippen LogP contribution is -2.12. The van der Waals surface area contributed by atoms with Gasteiger partial charge in [0.1, 0.15) is 11.3 Å². The smallest absolute Gasteiger partial charge is 0.287 e. The summed E-state index contributed by atoms with van der Waals surface area (Å²) in [6, 6.07) is 11.0. The summed E-state index contributed by atoms with van der Waals surface area (Å²) in [4.78, 5) is 20.9. The first-order valence-electron chi connectivity index (χ1n) is 11.7. The molecule has 41 heavy (non-hydrogen) atoms. The number of nitro benzene ring substituents is 1. The molecule has 1 N–H and O–H groups in total. The Bertz CT molecular complexity index is 1830. The quantitative estimate of drug-likeness (QED) is 0.0826. The maximum Gasteiger partial charge on any atom is 0.296 e. The van der Waals surface area contributed by atoms with Crippen LogP contribution >= 0.6 is 46.3 Å². The number of benzene rings is 2. The number of thiazole rings is 1. The van der Waals surface area contributed by atoms with E-state index in [1.54, 1.807) is 24.3 Å². The Morgan fingerprint density at radius 2 is 1.95 bits per heavy atom. The Morgan fingerprint density at radius 1 is 1.20 bits per heavy atom. The third-order valence-corrected chi connectivity index (χ3v) is 7.89. The number of thioether (sulfide) groups is 1. The van der Waals surface area contributed by atoms with Gasteiger partial charge in [-0.25, -0.2) is 14.8 Å². The number of nitrogens with zero attached hydrogens (tertiary/aromatic N) is 7. The number of hydrogen-bond donors (Lipinski definition) is 1. The summed E-state index contributed by atoms with van der Waals surface area (Å²) in [5, 5.41) is 25.0. The minimum absolute atomic E-state index is 0.101. The molecule has 5 aromatic rings. The zero-order valence-electron chi connectivity index (χ0n) is 21.1. The second-order valence-electron chi connectivity index (χ2n) is 8.46. The van der Waals surface area contributed by atoms with Crippen molar-refractivity contribution in [3.63, 3.8) is 0 Å². The van der Waals surface area contributed by atoms with Crippen LogP contribution in [0.15, 0.2) is 69.2 Å². The molecule has 3 heterocycles. The lowest BCUT2D eigenvalue weighted by atomic mass is 10.2. The van der Waals surface area contributed by atoms with Crippen molar-refractivity contribution in [1.29, 1.82) is 0 Å². The van der Waals surface area contributed by atoms with Gasteiger partial charge in [-0.05, 0) is 56.3 Å². The van der Waals surface area contributed by atoms with Crippen molar-refractivity contribution in [1.82, 2.24) is 24.4 Å². The number of rotatable bonds is 8. The predicted octanol–water partition coefficient (Wildman–Crippen LogP) is 7.39. The van der Waals surface area contributed by atoms with Gasteiger partial charge >= 0.3 is 0 Å². The van der Waals surface area contributed by atoms with E-state index in [-0.39, 0.29) is 21.3 Å². The Morgan fingerprint density at radius 3 is 2.61 bits per heavy atom. The fourth-order valence-electron chi connectivity index (χ4n) is 4.14. The van der Waals surface area contributed by atoms with E-state index >= 15 is 0 Å². The van der Waals surface area contributed by atoms with Crippen LogP contribution in [0.25, 0.3) is 17.2 Å². The minimum Gasteiger partial charge on any atom is -0.287 e. The number of H-pyrrole nitrogens is 1. The summed E-state index contributed by atoms with van der Waals surface area (Å²) in [7, 11) is 0. The summed E-state index contributed by atoms with van der Waals surface area (Å²) in [5.41, 5.74) is 3.41. The van der Waals surface area contributed by atoms with Gasteiger partial charge in [0.15, 0.2) is 0 Å². The first kappa shape index (κ1) is 28.7. The Kier molecular flexibility index (Phi) is 8.35. The molecule has 210 valence electrons. The predicted molar refractivity (Wildman–Crippen MR) is 156 cm³/mol. The Labute approximate surface area is 249 Å². The highest BCUT2D eigenvalue weighted by atomic mass is 35.5. The number of halogens is 4. The largest absolute Gasteiger partial charge is 0.296 e. The van der Waals surface area contributed by atoms with E-state index in [2.05, 4.69) is 25.3 Å². The van der Waals surface area contributed by atoms with Crippen molar-refractivity contribution in [3.05, 3.63) is 96.1 Å². The van der Waals surface area contributed by atoms with Crippen LogP contribution in [0.5, 0.6) is 0 Å². The van der Waals surface area contributed by atoms with Gasteiger partial charge in [0, 0.05) is 32.2 Å². The Balaban J connectivity index is 1.67. The van der Waals surface area contributed by atoms with Crippen LogP contribution in [-0.2, 0) is 0 Å². The van der Waals surface area contributed by atoms with Crippen LogP contribution in [0, 0.1) is 24.0 Å². The van der Waals surface area contributed by atoms with Crippen LogP contribution < -0.4 is 4.80 Å². The molecule has 0 unspecified atom stereocenters. The van der Waals surface area contributed by atoms with Gasteiger partial charge in [-0.1, -0.05) is 35.0 Å². The maximum atomic E-state index is 12.7. The summed E-state index contributed by atoms with van der Waals surface area (Å²) < 4.78 is 28.9. The van der Waals surface area contributed by atoms with Crippen LogP contribution in [0.3, 0.4) is 0 Å². The van der Waals surface area contributed by atoms with Crippen molar-refractivity contribution >= 4 is 63.9 Å². The lowest BCUT2D eigenvalue weighted by molar-refractivity contribution is -0.384. The molecule has 10 nitrogen and oxygen atoms in total. The monoisotopic (exact) mass is 634 g/mol. The highest BCUT2D eigenvalue weighted by molar-refractivity contribution is 7.99. The standard InChI is InChI=1S/C25H18Cl2F2N8O2S2/c1-13-7-19(14(2)35(13)24-30-12-31-34-24)21-11-40-25(33-17-3-5-18(6-4-17)41-23(28)29)36(21)32-10-15-8-16(26)9-20(27)22(15)37(38)39/h3-12,23H,1-2H3,(H,30,31,34)/b32-10+,33-25?. The van der Waals surface area contributed by atoms with E-state index < -0.39 is 10.7 Å². The Hall–Kier alpha value is -3.85. The number of aryl methyl sites for hydroxylation is 1. The van der Waals surface area contributed by atoms with E-state index in [4.69, 9.17) is 23.2 Å². The molecule has 0 amide bonds. The van der Waals surface area contributed by atoms with Gasteiger partial charge in [-0.2, -0.15) is 24.0 Å². The molecule has 0 aliphatic rings. The number of aromatic nitrogens is 5. The summed E-state index contributed by atoms with van der Waals surface area (Å²) in [6.45, 7) is 3.83. The van der Waals surface area contributed by atoms with Crippen molar-refractivity contribution in [2.45, 2.75) is 24.5 Å². The minimum atomic E-state index is -2.53. The zero-order valence-corrected chi connectivity index (χ0v) is 24.3. The molecule has 0 atom stereocenters. The normalized spacial score (nSPS) is 12.2. The highest BCUT2D eigenvalue weighted by Crippen LogP contribution is 2.32. The molecule has 5 rings (SSSR count). The molecule has 0 aliphatic carbocycles.